The van der Waals surface area contributed by atoms with Crippen molar-refractivity contribution in [1.82, 2.24) is 14.9 Å². The molecule has 0 amide bonds. The van der Waals surface area contributed by atoms with Gasteiger partial charge in [-0.1, -0.05) is 42.5 Å². The van der Waals surface area contributed by atoms with Crippen LogP contribution in [-0.4, -0.2) is 48.2 Å². The van der Waals surface area contributed by atoms with Crippen molar-refractivity contribution in [2.24, 2.45) is 0 Å². The van der Waals surface area contributed by atoms with Gasteiger partial charge in [0.1, 0.15) is 16.4 Å². The standard InChI is InChI=1S/C24H24N4O2S/c1-30-20-10-6-5-9-19(20)28-13-11-27(12-14-28)16-22-25-23(29)18-15-21(31-24(18)26-22)17-7-3-2-4-8-17/h2-10,15H,11-14,16H2,1H3,(H,25,26,29). The minimum atomic E-state index is -0.0638. The zero-order valence-corrected chi connectivity index (χ0v) is 18.2. The number of thiophene rings is 1. The Balaban J connectivity index is 1.30. The van der Waals surface area contributed by atoms with Crippen LogP contribution >= 0.6 is 11.3 Å². The number of piperazine rings is 1. The van der Waals surface area contributed by atoms with Crippen molar-refractivity contribution in [1.29, 1.82) is 0 Å². The van der Waals surface area contributed by atoms with Crippen LogP contribution in [0, 0.1) is 0 Å². The summed E-state index contributed by atoms with van der Waals surface area (Å²) in [7, 11) is 1.71. The van der Waals surface area contributed by atoms with Gasteiger partial charge in [0, 0.05) is 31.1 Å². The van der Waals surface area contributed by atoms with Crippen LogP contribution in [0.4, 0.5) is 5.69 Å². The van der Waals surface area contributed by atoms with Gasteiger partial charge in [-0.2, -0.15) is 0 Å². The Morgan fingerprint density at radius 1 is 1.03 bits per heavy atom. The zero-order valence-electron chi connectivity index (χ0n) is 17.4. The fraction of sp³-hybridized carbons (Fsp3) is 0.250. The molecule has 1 aliphatic rings. The van der Waals surface area contributed by atoms with Crippen molar-refractivity contribution < 1.29 is 4.74 Å². The molecule has 0 unspecified atom stereocenters. The van der Waals surface area contributed by atoms with Gasteiger partial charge in [0.05, 0.1) is 24.7 Å². The molecule has 6 nitrogen and oxygen atoms in total. The summed E-state index contributed by atoms with van der Waals surface area (Å²) in [5, 5.41) is 0.661. The van der Waals surface area contributed by atoms with E-state index in [0.29, 0.717) is 11.9 Å². The van der Waals surface area contributed by atoms with Crippen molar-refractivity contribution in [3.05, 3.63) is 76.8 Å². The van der Waals surface area contributed by atoms with Crippen LogP contribution in [0.1, 0.15) is 5.82 Å². The number of fused-ring (bicyclic) bond motifs is 1. The first kappa shape index (κ1) is 19.8. The molecular formula is C24H24N4O2S. The second-order valence-electron chi connectivity index (χ2n) is 7.64. The lowest BCUT2D eigenvalue weighted by atomic mass is 10.2. The molecule has 0 spiro atoms. The van der Waals surface area contributed by atoms with Gasteiger partial charge in [-0.3, -0.25) is 9.69 Å². The van der Waals surface area contributed by atoms with Crippen LogP contribution in [0.3, 0.4) is 0 Å². The van der Waals surface area contributed by atoms with Gasteiger partial charge in [-0.15, -0.1) is 11.3 Å². The summed E-state index contributed by atoms with van der Waals surface area (Å²) in [6.07, 6.45) is 0. The molecule has 1 aliphatic heterocycles. The quantitative estimate of drug-likeness (QED) is 0.517. The highest BCUT2D eigenvalue weighted by atomic mass is 32.1. The van der Waals surface area contributed by atoms with E-state index in [1.54, 1.807) is 18.4 Å². The first-order valence-electron chi connectivity index (χ1n) is 10.4. The van der Waals surface area contributed by atoms with Crippen LogP contribution in [0.15, 0.2) is 65.5 Å². The number of benzene rings is 2. The summed E-state index contributed by atoms with van der Waals surface area (Å²) in [6.45, 7) is 4.26. The maximum absolute atomic E-state index is 12.7. The van der Waals surface area contributed by atoms with Gasteiger partial charge in [0.2, 0.25) is 0 Å². The van der Waals surface area contributed by atoms with Crippen LogP contribution in [-0.2, 0) is 6.54 Å². The number of nitrogens with zero attached hydrogens (tertiary/aromatic N) is 3. The molecule has 0 atom stereocenters. The number of aromatic amines is 1. The van der Waals surface area contributed by atoms with E-state index < -0.39 is 0 Å². The third-order valence-corrected chi connectivity index (χ3v) is 6.76. The molecule has 0 aliphatic carbocycles. The molecule has 2 aromatic heterocycles. The van der Waals surface area contributed by atoms with Crippen LogP contribution in [0.25, 0.3) is 20.7 Å². The monoisotopic (exact) mass is 432 g/mol. The fourth-order valence-corrected chi connectivity index (χ4v) is 5.10. The highest BCUT2D eigenvalue weighted by Gasteiger charge is 2.20. The van der Waals surface area contributed by atoms with Crippen molar-refractivity contribution >= 4 is 27.2 Å². The van der Waals surface area contributed by atoms with E-state index in [-0.39, 0.29) is 5.56 Å². The number of aromatic nitrogens is 2. The Bertz CT molecular complexity index is 1240. The van der Waals surface area contributed by atoms with Gasteiger partial charge >= 0.3 is 0 Å². The van der Waals surface area contributed by atoms with Gasteiger partial charge in [0.25, 0.3) is 5.56 Å². The first-order valence-corrected chi connectivity index (χ1v) is 11.2. The average Bonchev–Trinajstić information content (AvgIpc) is 3.25. The molecule has 1 saturated heterocycles. The Kier molecular flexibility index (Phi) is 5.44. The first-order chi connectivity index (χ1) is 15.2. The SMILES string of the molecule is COc1ccccc1N1CCN(Cc2nc3sc(-c4ccccc4)cc3c(=O)[nH]2)CC1. The lowest BCUT2D eigenvalue weighted by Crippen LogP contribution is -2.46. The molecule has 0 saturated carbocycles. The van der Waals surface area contributed by atoms with E-state index in [9.17, 15) is 4.79 Å². The van der Waals surface area contributed by atoms with Gasteiger partial charge in [-0.05, 0) is 23.8 Å². The molecule has 7 heteroatoms. The largest absolute Gasteiger partial charge is 0.495 e. The summed E-state index contributed by atoms with van der Waals surface area (Å²) in [6, 6.07) is 20.2. The third-order valence-electron chi connectivity index (χ3n) is 5.68. The minimum Gasteiger partial charge on any atom is -0.495 e. The summed E-state index contributed by atoms with van der Waals surface area (Å²) in [4.78, 5) is 27.0. The number of hydrogen-bond acceptors (Lipinski definition) is 6. The van der Waals surface area contributed by atoms with Gasteiger partial charge in [-0.25, -0.2) is 4.98 Å². The minimum absolute atomic E-state index is 0.0638. The summed E-state index contributed by atoms with van der Waals surface area (Å²) in [5.74, 6) is 1.63. The number of hydrogen-bond donors (Lipinski definition) is 1. The number of nitrogens with one attached hydrogen (secondary N) is 1. The lowest BCUT2D eigenvalue weighted by molar-refractivity contribution is 0.243. The topological polar surface area (TPSA) is 61.5 Å². The van der Waals surface area contributed by atoms with E-state index in [4.69, 9.17) is 9.72 Å². The van der Waals surface area contributed by atoms with Crippen LogP contribution in [0.2, 0.25) is 0 Å². The van der Waals surface area contributed by atoms with E-state index >= 15 is 0 Å². The maximum Gasteiger partial charge on any atom is 0.259 e. The molecule has 0 bridgehead atoms. The highest BCUT2D eigenvalue weighted by Crippen LogP contribution is 2.31. The number of ether oxygens (including phenoxy) is 1. The van der Waals surface area contributed by atoms with E-state index in [2.05, 4.69) is 33.0 Å². The highest BCUT2D eigenvalue weighted by molar-refractivity contribution is 7.21. The predicted molar refractivity (Wildman–Crippen MR) is 126 cm³/mol. The van der Waals surface area contributed by atoms with E-state index in [0.717, 1.165) is 58.7 Å². The third kappa shape index (κ3) is 4.06. The Labute approximate surface area is 184 Å². The van der Waals surface area contributed by atoms with E-state index in [1.165, 1.54) is 0 Å². The molecule has 1 fully saturated rings. The van der Waals surface area contributed by atoms with Gasteiger partial charge < -0.3 is 14.6 Å². The molecular weight excluding hydrogens is 408 g/mol. The zero-order chi connectivity index (χ0) is 21.2. The molecule has 0 radical (unpaired) electrons. The number of methoxy groups -OCH3 is 1. The summed E-state index contributed by atoms with van der Waals surface area (Å²) < 4.78 is 5.51. The molecule has 158 valence electrons. The second-order valence-corrected chi connectivity index (χ2v) is 8.67. The predicted octanol–water partition coefficient (Wildman–Crippen LogP) is 3.98. The van der Waals surface area contributed by atoms with Crippen molar-refractivity contribution in [3.8, 4) is 16.2 Å². The Hall–Kier alpha value is -3.16. The molecule has 3 heterocycles. The van der Waals surface area contributed by atoms with E-state index in [1.807, 2.05) is 42.5 Å². The number of H-pyrrole nitrogens is 1. The molecule has 4 aromatic rings. The molecule has 5 rings (SSSR count). The smallest absolute Gasteiger partial charge is 0.259 e. The molecule has 1 N–H and O–H groups in total. The fourth-order valence-electron chi connectivity index (χ4n) is 4.05. The number of rotatable bonds is 5. The van der Waals surface area contributed by atoms with Crippen LogP contribution < -0.4 is 15.2 Å². The summed E-state index contributed by atoms with van der Waals surface area (Å²) >= 11 is 1.57. The van der Waals surface area contributed by atoms with Crippen molar-refractivity contribution in [2.45, 2.75) is 6.54 Å². The molecule has 31 heavy (non-hydrogen) atoms. The van der Waals surface area contributed by atoms with Crippen LogP contribution in [0.5, 0.6) is 5.75 Å². The van der Waals surface area contributed by atoms with Crippen molar-refractivity contribution in [2.75, 3.05) is 38.2 Å². The van der Waals surface area contributed by atoms with Crippen molar-refractivity contribution in [3.63, 3.8) is 0 Å². The number of anilines is 1. The average molecular weight is 433 g/mol. The Morgan fingerprint density at radius 3 is 2.55 bits per heavy atom. The van der Waals surface area contributed by atoms with Gasteiger partial charge in [0.15, 0.2) is 0 Å². The summed E-state index contributed by atoms with van der Waals surface area (Å²) in [5.41, 5.74) is 2.18. The molecule has 2 aromatic carbocycles. The normalized spacial score (nSPS) is 14.8. The maximum atomic E-state index is 12.7. The Morgan fingerprint density at radius 2 is 1.77 bits per heavy atom. The number of para-hydroxylation sites is 2. The lowest BCUT2D eigenvalue weighted by Gasteiger charge is -2.36. The second kappa shape index (κ2) is 8.53.